The van der Waals surface area contributed by atoms with Gasteiger partial charge in [-0.2, -0.15) is 0 Å². The molecule has 106 valence electrons. The molecule has 2 heterocycles. The highest BCUT2D eigenvalue weighted by Crippen LogP contribution is 2.30. The first-order valence-corrected chi connectivity index (χ1v) is 6.73. The van der Waals surface area contributed by atoms with Crippen LogP contribution in [0.1, 0.15) is 16.8 Å². The molecule has 1 aromatic carbocycles. The van der Waals surface area contributed by atoms with Gasteiger partial charge in [0.05, 0.1) is 0 Å². The van der Waals surface area contributed by atoms with E-state index in [2.05, 4.69) is 15.5 Å². The molecule has 3 rings (SSSR count). The van der Waals surface area contributed by atoms with E-state index >= 15 is 0 Å². The van der Waals surface area contributed by atoms with E-state index in [0.29, 0.717) is 38.2 Å². The number of hydrogen-bond donors (Lipinski definition) is 2. The Balaban J connectivity index is 1.48. The summed E-state index contributed by atoms with van der Waals surface area (Å²) in [5.74, 6) is -0.670. The van der Waals surface area contributed by atoms with Gasteiger partial charge in [-0.1, -0.05) is 18.2 Å². The third-order valence-corrected chi connectivity index (χ3v) is 3.58. The molecule has 0 aliphatic carbocycles. The van der Waals surface area contributed by atoms with E-state index in [1.807, 2.05) is 18.2 Å². The quantitative estimate of drug-likeness (QED) is 0.754. The highest BCUT2D eigenvalue weighted by Gasteiger charge is 2.53. The van der Waals surface area contributed by atoms with E-state index in [4.69, 9.17) is 4.74 Å². The SMILES string of the molecule is O=C1CCN(CCNC(=O)c2ccccc2)C2(CO2)N1. The van der Waals surface area contributed by atoms with Crippen LogP contribution in [0.3, 0.4) is 0 Å². The van der Waals surface area contributed by atoms with E-state index in [-0.39, 0.29) is 11.8 Å². The van der Waals surface area contributed by atoms with Crippen molar-refractivity contribution in [3.63, 3.8) is 0 Å². The molecule has 1 atom stereocenters. The number of nitrogens with zero attached hydrogens (tertiary/aromatic N) is 1. The Morgan fingerprint density at radius 3 is 2.85 bits per heavy atom. The Bertz CT molecular complexity index is 514. The molecule has 6 nitrogen and oxygen atoms in total. The number of carbonyl (C=O) groups is 2. The van der Waals surface area contributed by atoms with Crippen LogP contribution in [0.4, 0.5) is 0 Å². The Hall–Kier alpha value is -1.92. The number of carbonyl (C=O) groups excluding carboxylic acids is 2. The predicted octanol–water partition coefficient (Wildman–Crippen LogP) is -0.0777. The number of rotatable bonds is 4. The summed E-state index contributed by atoms with van der Waals surface area (Å²) in [5.41, 5.74) is 0.650. The van der Waals surface area contributed by atoms with Crippen LogP contribution >= 0.6 is 0 Å². The van der Waals surface area contributed by atoms with Gasteiger partial charge in [-0.25, -0.2) is 0 Å². The average molecular weight is 275 g/mol. The van der Waals surface area contributed by atoms with Crippen LogP contribution in [0, 0.1) is 0 Å². The molecule has 1 spiro atoms. The Morgan fingerprint density at radius 2 is 2.15 bits per heavy atom. The molecular formula is C14H17N3O3. The molecular weight excluding hydrogens is 258 g/mol. The van der Waals surface area contributed by atoms with Gasteiger partial charge in [0.1, 0.15) is 6.61 Å². The molecule has 0 bridgehead atoms. The van der Waals surface area contributed by atoms with Crippen molar-refractivity contribution in [2.75, 3.05) is 26.2 Å². The number of benzene rings is 1. The molecule has 2 saturated heterocycles. The molecule has 1 unspecified atom stereocenters. The van der Waals surface area contributed by atoms with Crippen LogP contribution in [-0.2, 0) is 9.53 Å². The summed E-state index contributed by atoms with van der Waals surface area (Å²) in [6, 6.07) is 9.11. The molecule has 2 N–H and O–H groups in total. The molecule has 2 aliphatic rings. The summed E-state index contributed by atoms with van der Waals surface area (Å²) in [5, 5.41) is 5.71. The Kier molecular flexibility index (Phi) is 3.42. The zero-order valence-corrected chi connectivity index (χ0v) is 11.1. The summed E-state index contributed by atoms with van der Waals surface area (Å²) in [6.45, 7) is 2.35. The average Bonchev–Trinajstić information content (AvgIpc) is 3.22. The summed E-state index contributed by atoms with van der Waals surface area (Å²) in [4.78, 5) is 25.3. The summed E-state index contributed by atoms with van der Waals surface area (Å²) in [6.07, 6.45) is 0.470. The van der Waals surface area contributed by atoms with E-state index in [1.165, 1.54) is 0 Å². The minimum absolute atomic E-state index is 0.0204. The molecule has 0 radical (unpaired) electrons. The number of epoxide rings is 1. The van der Waals surface area contributed by atoms with Gasteiger partial charge in [0.2, 0.25) is 11.8 Å². The lowest BCUT2D eigenvalue weighted by Crippen LogP contribution is -2.58. The second-order valence-electron chi connectivity index (χ2n) is 4.98. The maximum absolute atomic E-state index is 11.9. The van der Waals surface area contributed by atoms with Gasteiger partial charge in [-0.3, -0.25) is 14.5 Å². The van der Waals surface area contributed by atoms with Crippen LogP contribution in [0.2, 0.25) is 0 Å². The minimum Gasteiger partial charge on any atom is -0.351 e. The highest BCUT2D eigenvalue weighted by atomic mass is 16.6. The molecule has 2 fully saturated rings. The van der Waals surface area contributed by atoms with Crippen molar-refractivity contribution in [1.82, 2.24) is 15.5 Å². The lowest BCUT2D eigenvalue weighted by atomic mass is 10.2. The first-order chi connectivity index (χ1) is 9.70. The van der Waals surface area contributed by atoms with Crippen molar-refractivity contribution in [3.8, 4) is 0 Å². The van der Waals surface area contributed by atoms with E-state index in [0.717, 1.165) is 0 Å². The van der Waals surface area contributed by atoms with Gasteiger partial charge in [0.25, 0.3) is 5.91 Å². The normalized spacial score (nSPS) is 25.3. The van der Waals surface area contributed by atoms with Crippen LogP contribution < -0.4 is 10.6 Å². The monoisotopic (exact) mass is 275 g/mol. The van der Waals surface area contributed by atoms with E-state index < -0.39 is 5.85 Å². The predicted molar refractivity (Wildman–Crippen MR) is 71.8 cm³/mol. The standard InChI is InChI=1S/C14H17N3O3/c18-12-6-8-17(14(16-12)10-20-14)9-7-15-13(19)11-4-2-1-3-5-11/h1-5H,6-10H2,(H,15,19)(H,16,18). The molecule has 6 heteroatoms. The molecule has 1 aromatic rings. The van der Waals surface area contributed by atoms with Gasteiger partial charge in [0.15, 0.2) is 0 Å². The van der Waals surface area contributed by atoms with Crippen LogP contribution in [0.5, 0.6) is 0 Å². The first-order valence-electron chi connectivity index (χ1n) is 6.73. The largest absolute Gasteiger partial charge is 0.351 e. The second-order valence-corrected chi connectivity index (χ2v) is 4.98. The fraction of sp³-hybridized carbons (Fsp3) is 0.429. The Labute approximate surface area is 117 Å². The van der Waals surface area contributed by atoms with Gasteiger partial charge < -0.3 is 15.4 Å². The first kappa shape index (κ1) is 13.1. The maximum Gasteiger partial charge on any atom is 0.251 e. The van der Waals surface area contributed by atoms with E-state index in [9.17, 15) is 9.59 Å². The zero-order chi connectivity index (χ0) is 14.0. The second kappa shape index (κ2) is 5.22. The summed E-state index contributed by atoms with van der Waals surface area (Å²) < 4.78 is 5.34. The zero-order valence-electron chi connectivity index (χ0n) is 11.1. The smallest absolute Gasteiger partial charge is 0.251 e. The number of nitrogens with one attached hydrogen (secondary N) is 2. The van der Waals surface area contributed by atoms with Crippen LogP contribution in [0.15, 0.2) is 30.3 Å². The van der Waals surface area contributed by atoms with Crippen molar-refractivity contribution >= 4 is 11.8 Å². The Morgan fingerprint density at radius 1 is 1.40 bits per heavy atom. The summed E-state index contributed by atoms with van der Waals surface area (Å²) in [7, 11) is 0. The van der Waals surface area contributed by atoms with Gasteiger partial charge in [0, 0.05) is 31.6 Å². The lowest BCUT2D eigenvalue weighted by Gasteiger charge is -2.33. The van der Waals surface area contributed by atoms with E-state index in [1.54, 1.807) is 12.1 Å². The third kappa shape index (κ3) is 2.66. The van der Waals surface area contributed by atoms with Crippen LogP contribution in [-0.4, -0.2) is 48.8 Å². The number of ether oxygens (including phenoxy) is 1. The third-order valence-electron chi connectivity index (χ3n) is 3.58. The van der Waals surface area contributed by atoms with Crippen LogP contribution in [0.25, 0.3) is 0 Å². The molecule has 2 amide bonds. The summed E-state index contributed by atoms with van der Waals surface area (Å²) >= 11 is 0. The molecule has 0 saturated carbocycles. The number of amides is 2. The van der Waals surface area contributed by atoms with Gasteiger partial charge >= 0.3 is 0 Å². The molecule has 0 aromatic heterocycles. The topological polar surface area (TPSA) is 74.0 Å². The fourth-order valence-corrected chi connectivity index (χ4v) is 2.39. The minimum atomic E-state index is -0.604. The fourth-order valence-electron chi connectivity index (χ4n) is 2.39. The van der Waals surface area contributed by atoms with Gasteiger partial charge in [-0.15, -0.1) is 0 Å². The lowest BCUT2D eigenvalue weighted by molar-refractivity contribution is -0.131. The van der Waals surface area contributed by atoms with Crippen molar-refractivity contribution in [1.29, 1.82) is 0 Å². The van der Waals surface area contributed by atoms with Crippen molar-refractivity contribution < 1.29 is 14.3 Å². The highest BCUT2D eigenvalue weighted by molar-refractivity contribution is 5.94. The van der Waals surface area contributed by atoms with Crippen molar-refractivity contribution in [2.45, 2.75) is 12.3 Å². The number of hydrogen-bond acceptors (Lipinski definition) is 4. The van der Waals surface area contributed by atoms with Gasteiger partial charge in [-0.05, 0) is 12.1 Å². The maximum atomic E-state index is 11.9. The molecule has 2 aliphatic heterocycles. The van der Waals surface area contributed by atoms with Crippen molar-refractivity contribution in [2.24, 2.45) is 0 Å². The molecule has 20 heavy (non-hydrogen) atoms. The van der Waals surface area contributed by atoms with Crippen molar-refractivity contribution in [3.05, 3.63) is 35.9 Å².